The largest absolute Gasteiger partial charge is 0.481 e. The van der Waals surface area contributed by atoms with E-state index in [1.807, 2.05) is 0 Å². The fourth-order valence-corrected chi connectivity index (χ4v) is 5.83. The molecule has 3 rings (SSSR count). The Balaban J connectivity index is 1.72. The summed E-state index contributed by atoms with van der Waals surface area (Å²) in [6, 6.07) is 7.86. The zero-order chi connectivity index (χ0) is 24.9. The number of halogens is 3. The van der Waals surface area contributed by atoms with Crippen molar-refractivity contribution < 1.29 is 36.6 Å². The summed E-state index contributed by atoms with van der Waals surface area (Å²) >= 11 is 5.83. The Labute approximate surface area is 201 Å². The van der Waals surface area contributed by atoms with E-state index < -0.39 is 38.8 Å². The summed E-state index contributed by atoms with van der Waals surface area (Å²) in [7, 11) is -4.18. The molecule has 1 aliphatic rings. The Morgan fingerprint density at radius 1 is 1.12 bits per heavy atom. The maximum atomic E-state index is 14.5. The van der Waals surface area contributed by atoms with E-state index in [4.69, 9.17) is 21.4 Å². The SMILES string of the molecule is O=C(O)CC1CCN(C(=O)OCCC(c2cc(F)ccc2F)S(=O)(=O)c2ccc(Cl)cc2)CC1. The summed E-state index contributed by atoms with van der Waals surface area (Å²) in [5.41, 5.74) is -0.361. The number of carbonyl (C=O) groups excluding carboxylic acids is 1. The van der Waals surface area contributed by atoms with Crippen molar-refractivity contribution >= 4 is 33.5 Å². The van der Waals surface area contributed by atoms with Crippen LogP contribution in [0.1, 0.15) is 36.5 Å². The molecule has 1 amide bonds. The zero-order valence-corrected chi connectivity index (χ0v) is 19.7. The minimum Gasteiger partial charge on any atom is -0.481 e. The van der Waals surface area contributed by atoms with Gasteiger partial charge in [-0.15, -0.1) is 0 Å². The van der Waals surface area contributed by atoms with Gasteiger partial charge in [0.2, 0.25) is 0 Å². The van der Waals surface area contributed by atoms with E-state index in [-0.39, 0.29) is 35.8 Å². The Hall–Kier alpha value is -2.72. The van der Waals surface area contributed by atoms with Gasteiger partial charge in [0.25, 0.3) is 0 Å². The number of rotatable bonds is 8. The maximum absolute atomic E-state index is 14.5. The molecule has 7 nitrogen and oxygen atoms in total. The highest BCUT2D eigenvalue weighted by molar-refractivity contribution is 7.91. The van der Waals surface area contributed by atoms with Gasteiger partial charge < -0.3 is 14.7 Å². The van der Waals surface area contributed by atoms with Crippen LogP contribution in [-0.4, -0.2) is 50.2 Å². The summed E-state index contributed by atoms with van der Waals surface area (Å²) in [4.78, 5) is 24.5. The third-order valence-electron chi connectivity index (χ3n) is 5.76. The molecule has 0 spiro atoms. The molecule has 1 atom stereocenters. The minimum atomic E-state index is -4.18. The molecule has 0 radical (unpaired) electrons. The van der Waals surface area contributed by atoms with Crippen LogP contribution in [0.4, 0.5) is 13.6 Å². The quantitative estimate of drug-likeness (QED) is 0.539. The first-order valence-corrected chi connectivity index (χ1v) is 12.6. The van der Waals surface area contributed by atoms with Crippen LogP contribution in [0.25, 0.3) is 0 Å². The second kappa shape index (κ2) is 11.1. The second-order valence-corrected chi connectivity index (χ2v) is 10.7. The number of carboxylic acids is 1. The van der Waals surface area contributed by atoms with Gasteiger partial charge in [-0.3, -0.25) is 4.79 Å². The molecule has 1 unspecified atom stereocenters. The molecule has 2 aromatic carbocycles. The predicted molar refractivity (Wildman–Crippen MR) is 120 cm³/mol. The van der Waals surface area contributed by atoms with Crippen molar-refractivity contribution in [3.8, 4) is 0 Å². The zero-order valence-electron chi connectivity index (χ0n) is 18.1. The average molecular weight is 516 g/mol. The van der Waals surface area contributed by atoms with Gasteiger partial charge in [-0.05, 0) is 61.2 Å². The number of benzene rings is 2. The van der Waals surface area contributed by atoms with E-state index in [9.17, 15) is 26.8 Å². The number of sulfone groups is 1. The van der Waals surface area contributed by atoms with E-state index in [1.54, 1.807) is 0 Å². The van der Waals surface area contributed by atoms with Crippen LogP contribution in [0.3, 0.4) is 0 Å². The first-order chi connectivity index (χ1) is 16.1. The van der Waals surface area contributed by atoms with Crippen LogP contribution >= 0.6 is 11.6 Å². The van der Waals surface area contributed by atoms with Crippen molar-refractivity contribution in [1.29, 1.82) is 0 Å². The van der Waals surface area contributed by atoms with Gasteiger partial charge in [-0.25, -0.2) is 22.0 Å². The third kappa shape index (κ3) is 6.44. The molecule has 34 heavy (non-hydrogen) atoms. The molecule has 0 saturated carbocycles. The molecule has 0 aliphatic carbocycles. The number of piperidine rings is 1. The van der Waals surface area contributed by atoms with E-state index in [1.165, 1.54) is 29.2 Å². The van der Waals surface area contributed by atoms with Gasteiger partial charge >= 0.3 is 12.1 Å². The second-order valence-electron chi connectivity index (χ2n) is 8.08. The molecule has 1 fully saturated rings. The first-order valence-electron chi connectivity index (χ1n) is 10.7. The van der Waals surface area contributed by atoms with Gasteiger partial charge in [0.05, 0.1) is 16.8 Å². The van der Waals surface area contributed by atoms with Crippen LogP contribution in [0.2, 0.25) is 5.02 Å². The standard InChI is InChI=1S/C23H24ClF2NO6S/c24-16-1-4-18(5-2-16)34(31,32)21(19-14-17(25)3-6-20(19)26)9-12-33-23(30)27-10-7-15(8-11-27)13-22(28)29/h1-6,14-15,21H,7-13H2,(H,28,29). The summed E-state index contributed by atoms with van der Waals surface area (Å²) in [6.45, 7) is 0.297. The Kier molecular flexibility index (Phi) is 8.48. The average Bonchev–Trinajstić information content (AvgIpc) is 2.78. The molecule has 0 bridgehead atoms. The van der Waals surface area contributed by atoms with E-state index in [2.05, 4.69) is 0 Å². The van der Waals surface area contributed by atoms with Gasteiger partial charge in [-0.2, -0.15) is 0 Å². The lowest BCUT2D eigenvalue weighted by molar-refractivity contribution is -0.138. The van der Waals surface area contributed by atoms with Crippen molar-refractivity contribution in [2.24, 2.45) is 5.92 Å². The normalized spacial score (nSPS) is 15.7. The minimum absolute atomic E-state index is 0.0219. The van der Waals surface area contributed by atoms with E-state index >= 15 is 0 Å². The molecular weight excluding hydrogens is 492 g/mol. The lowest BCUT2D eigenvalue weighted by Crippen LogP contribution is -2.39. The number of amides is 1. The highest BCUT2D eigenvalue weighted by atomic mass is 35.5. The number of ether oxygens (including phenoxy) is 1. The van der Waals surface area contributed by atoms with Crippen molar-refractivity contribution in [2.75, 3.05) is 19.7 Å². The molecule has 11 heteroatoms. The van der Waals surface area contributed by atoms with Crippen LogP contribution in [0.5, 0.6) is 0 Å². The van der Waals surface area contributed by atoms with Gasteiger partial charge in [0, 0.05) is 36.5 Å². The molecule has 1 heterocycles. The van der Waals surface area contributed by atoms with Crippen molar-refractivity contribution in [1.82, 2.24) is 4.90 Å². The monoisotopic (exact) mass is 515 g/mol. The lowest BCUT2D eigenvalue weighted by atomic mass is 9.94. The lowest BCUT2D eigenvalue weighted by Gasteiger charge is -2.30. The van der Waals surface area contributed by atoms with Gasteiger partial charge in [0.1, 0.15) is 11.6 Å². The topological polar surface area (TPSA) is 101 Å². The molecule has 1 saturated heterocycles. The van der Waals surface area contributed by atoms with Crippen molar-refractivity contribution in [3.63, 3.8) is 0 Å². The smallest absolute Gasteiger partial charge is 0.409 e. The highest BCUT2D eigenvalue weighted by Crippen LogP contribution is 2.34. The molecule has 1 N–H and O–H groups in total. The maximum Gasteiger partial charge on any atom is 0.409 e. The number of hydrogen-bond acceptors (Lipinski definition) is 5. The van der Waals surface area contributed by atoms with Crippen LogP contribution < -0.4 is 0 Å². The van der Waals surface area contributed by atoms with Crippen LogP contribution in [0.15, 0.2) is 47.4 Å². The molecule has 2 aromatic rings. The van der Waals surface area contributed by atoms with Gasteiger partial charge in [0.15, 0.2) is 9.84 Å². The molecular formula is C23H24ClF2NO6S. The van der Waals surface area contributed by atoms with Gasteiger partial charge in [-0.1, -0.05) is 11.6 Å². The number of aliphatic carboxylic acids is 1. The first kappa shape index (κ1) is 25.9. The Bertz CT molecular complexity index is 1130. The van der Waals surface area contributed by atoms with E-state index in [0.29, 0.717) is 31.0 Å². The summed E-state index contributed by atoms with van der Waals surface area (Å²) in [6.07, 6.45) is 0.0994. The summed E-state index contributed by atoms with van der Waals surface area (Å²) < 4.78 is 60.2. The number of hydrogen-bond donors (Lipinski definition) is 1. The number of carboxylic acid groups (broad SMARTS) is 1. The summed E-state index contributed by atoms with van der Waals surface area (Å²) in [5, 5.41) is 7.70. The summed E-state index contributed by atoms with van der Waals surface area (Å²) in [5.74, 6) is -2.60. The third-order valence-corrected chi connectivity index (χ3v) is 8.18. The van der Waals surface area contributed by atoms with Crippen LogP contribution in [0, 0.1) is 17.6 Å². The van der Waals surface area contributed by atoms with Crippen molar-refractivity contribution in [3.05, 3.63) is 64.7 Å². The highest BCUT2D eigenvalue weighted by Gasteiger charge is 2.32. The van der Waals surface area contributed by atoms with Crippen molar-refractivity contribution in [2.45, 2.75) is 35.8 Å². The molecule has 0 aromatic heterocycles. The predicted octanol–water partition coefficient (Wildman–Crippen LogP) is 4.85. The Morgan fingerprint density at radius 2 is 1.76 bits per heavy atom. The Morgan fingerprint density at radius 3 is 2.38 bits per heavy atom. The number of carbonyl (C=O) groups is 2. The fourth-order valence-electron chi connectivity index (χ4n) is 3.94. The van der Waals surface area contributed by atoms with Crippen LogP contribution in [-0.2, 0) is 19.4 Å². The molecule has 1 aliphatic heterocycles. The fraction of sp³-hybridized carbons (Fsp3) is 0.391. The number of likely N-dealkylation sites (tertiary alicyclic amines) is 1. The van der Waals surface area contributed by atoms with E-state index in [0.717, 1.165) is 18.2 Å². The number of nitrogens with zero attached hydrogens (tertiary/aromatic N) is 1. The molecule has 184 valence electrons.